The monoisotopic (exact) mass is 398 g/mol. The summed E-state index contributed by atoms with van der Waals surface area (Å²) in [7, 11) is 1.50. The van der Waals surface area contributed by atoms with Crippen LogP contribution in [0.5, 0.6) is 0 Å². The Morgan fingerprint density at radius 1 is 1.07 bits per heavy atom. The average Bonchev–Trinajstić information content (AvgIpc) is 3.08. The molecule has 0 atom stereocenters. The van der Waals surface area contributed by atoms with Crippen molar-refractivity contribution in [1.29, 1.82) is 0 Å². The van der Waals surface area contributed by atoms with Gasteiger partial charge in [0.25, 0.3) is 5.91 Å². The molecule has 4 nitrogen and oxygen atoms in total. The first-order valence-corrected chi connectivity index (χ1v) is 8.71. The third-order valence-corrected chi connectivity index (χ3v) is 4.57. The molecule has 4 aromatic rings. The second-order valence-corrected chi connectivity index (χ2v) is 6.53. The van der Waals surface area contributed by atoms with E-state index in [4.69, 9.17) is 16.0 Å². The Hall–Kier alpha value is -3.25. The first kappa shape index (κ1) is 18.1. The van der Waals surface area contributed by atoms with Crippen LogP contribution in [0.2, 0.25) is 5.02 Å². The molecule has 0 aliphatic heterocycles. The molecule has 1 N–H and O–H groups in total. The Kier molecular flexibility index (Phi) is 4.57. The van der Waals surface area contributed by atoms with Crippen molar-refractivity contribution in [2.75, 3.05) is 7.05 Å². The fraction of sp³-hybridized carbons (Fsp3) is 0.0476. The summed E-state index contributed by atoms with van der Waals surface area (Å²) in [6.07, 6.45) is 1.22. The fourth-order valence-corrected chi connectivity index (χ4v) is 3.20. The molecule has 7 heteroatoms. The normalized spacial score (nSPS) is 11.0. The number of hydrogen-bond acceptors (Lipinski definition) is 3. The molecule has 0 saturated carbocycles. The second kappa shape index (κ2) is 7.05. The first-order chi connectivity index (χ1) is 13.5. The van der Waals surface area contributed by atoms with Crippen LogP contribution in [0, 0.1) is 11.8 Å². The minimum atomic E-state index is -0.674. The second-order valence-electron chi connectivity index (χ2n) is 6.10. The Bertz CT molecular complexity index is 1200. The van der Waals surface area contributed by atoms with Crippen molar-refractivity contribution in [3.8, 4) is 22.5 Å². The highest BCUT2D eigenvalue weighted by Gasteiger charge is 2.22. The molecule has 0 spiro atoms. The molecule has 2 aromatic carbocycles. The molecule has 0 radical (unpaired) electrons. The lowest BCUT2D eigenvalue weighted by Gasteiger charge is -2.05. The summed E-state index contributed by atoms with van der Waals surface area (Å²) in [5.41, 5.74) is 1.98. The van der Waals surface area contributed by atoms with Crippen molar-refractivity contribution >= 4 is 28.5 Å². The molecule has 0 bridgehead atoms. The number of rotatable bonds is 3. The van der Waals surface area contributed by atoms with E-state index in [2.05, 4.69) is 10.3 Å². The molecule has 140 valence electrons. The van der Waals surface area contributed by atoms with Gasteiger partial charge in [-0.3, -0.25) is 4.79 Å². The number of benzene rings is 2. The van der Waals surface area contributed by atoms with Gasteiger partial charge in [0.15, 0.2) is 0 Å². The summed E-state index contributed by atoms with van der Waals surface area (Å²) in [6.45, 7) is 0. The Morgan fingerprint density at radius 2 is 1.79 bits per heavy atom. The number of carbonyl (C=O) groups excluding carboxylic acids is 1. The van der Waals surface area contributed by atoms with Gasteiger partial charge in [0.2, 0.25) is 5.95 Å². The van der Waals surface area contributed by atoms with E-state index in [1.807, 2.05) is 0 Å². The number of furan rings is 1. The molecule has 4 rings (SSSR count). The van der Waals surface area contributed by atoms with Crippen molar-refractivity contribution in [1.82, 2.24) is 10.3 Å². The molecular formula is C21H13ClF2N2O2. The zero-order chi connectivity index (χ0) is 19.8. The van der Waals surface area contributed by atoms with Gasteiger partial charge in [-0.15, -0.1) is 0 Å². The molecule has 0 unspecified atom stereocenters. The minimum Gasteiger partial charge on any atom is -0.455 e. The maximum Gasteiger partial charge on any atom is 0.255 e. The van der Waals surface area contributed by atoms with Crippen molar-refractivity contribution in [2.45, 2.75) is 0 Å². The summed E-state index contributed by atoms with van der Waals surface area (Å²) >= 11 is 5.94. The van der Waals surface area contributed by atoms with E-state index in [-0.39, 0.29) is 17.0 Å². The highest BCUT2D eigenvalue weighted by Crippen LogP contribution is 2.36. The van der Waals surface area contributed by atoms with Gasteiger partial charge in [0.05, 0.1) is 10.6 Å². The van der Waals surface area contributed by atoms with E-state index in [9.17, 15) is 13.6 Å². The van der Waals surface area contributed by atoms with Gasteiger partial charge < -0.3 is 9.73 Å². The number of aromatic nitrogens is 1. The lowest BCUT2D eigenvalue weighted by atomic mass is 10.0. The van der Waals surface area contributed by atoms with Gasteiger partial charge in [0, 0.05) is 29.8 Å². The molecule has 0 aliphatic rings. The summed E-state index contributed by atoms with van der Waals surface area (Å²) < 4.78 is 33.3. The third kappa shape index (κ3) is 3.12. The number of nitrogens with one attached hydrogen (secondary N) is 1. The lowest BCUT2D eigenvalue weighted by Crippen LogP contribution is -2.18. The molecule has 1 amide bonds. The fourth-order valence-electron chi connectivity index (χ4n) is 3.05. The molecule has 0 aliphatic carbocycles. The Morgan fingerprint density at radius 3 is 2.50 bits per heavy atom. The van der Waals surface area contributed by atoms with Crippen molar-refractivity contribution in [2.24, 2.45) is 0 Å². The number of pyridine rings is 1. The smallest absolute Gasteiger partial charge is 0.255 e. The van der Waals surface area contributed by atoms with Crippen LogP contribution >= 0.6 is 11.6 Å². The quantitative estimate of drug-likeness (QED) is 0.467. The van der Waals surface area contributed by atoms with Crippen LogP contribution in [0.15, 0.2) is 59.1 Å². The minimum absolute atomic E-state index is 0.210. The topological polar surface area (TPSA) is 55.1 Å². The molecule has 2 heterocycles. The molecular weight excluding hydrogens is 386 g/mol. The van der Waals surface area contributed by atoms with Crippen LogP contribution in [-0.2, 0) is 0 Å². The maximum atomic E-state index is 14.2. The predicted octanol–water partition coefficient (Wildman–Crippen LogP) is 5.45. The van der Waals surface area contributed by atoms with Gasteiger partial charge in [-0.1, -0.05) is 17.7 Å². The van der Waals surface area contributed by atoms with Crippen LogP contribution in [0.3, 0.4) is 0 Å². The number of nitrogens with zero attached hydrogens (tertiary/aromatic N) is 1. The van der Waals surface area contributed by atoms with Gasteiger partial charge in [-0.2, -0.15) is 4.39 Å². The standard InChI is InChI=1S/C21H13ClF2N2O2/c1-25-21(27)18-16-8-12(15-9-13(22)10-26-20(15)24)4-7-17(16)28-19(18)11-2-5-14(23)6-3-11/h2-10H,1H3,(H,25,27). The molecule has 28 heavy (non-hydrogen) atoms. The van der Waals surface area contributed by atoms with Crippen molar-refractivity contribution < 1.29 is 18.0 Å². The SMILES string of the molecule is CNC(=O)c1c(-c2ccc(F)cc2)oc2ccc(-c3cc(Cl)cnc3F)cc12. The van der Waals surface area contributed by atoms with Crippen LogP contribution in [0.25, 0.3) is 33.4 Å². The van der Waals surface area contributed by atoms with Crippen molar-refractivity contribution in [3.63, 3.8) is 0 Å². The Labute approximate surface area is 163 Å². The lowest BCUT2D eigenvalue weighted by molar-refractivity contribution is 0.0964. The predicted molar refractivity (Wildman–Crippen MR) is 103 cm³/mol. The van der Waals surface area contributed by atoms with Crippen LogP contribution in [0.4, 0.5) is 8.78 Å². The van der Waals surface area contributed by atoms with Crippen LogP contribution in [0.1, 0.15) is 10.4 Å². The average molecular weight is 399 g/mol. The van der Waals surface area contributed by atoms with E-state index >= 15 is 0 Å². The molecule has 0 fully saturated rings. The largest absolute Gasteiger partial charge is 0.455 e. The van der Waals surface area contributed by atoms with Gasteiger partial charge in [0.1, 0.15) is 17.2 Å². The third-order valence-electron chi connectivity index (χ3n) is 4.37. The van der Waals surface area contributed by atoms with Gasteiger partial charge in [-0.05, 0) is 48.0 Å². The zero-order valence-electron chi connectivity index (χ0n) is 14.6. The van der Waals surface area contributed by atoms with Crippen LogP contribution < -0.4 is 5.32 Å². The summed E-state index contributed by atoms with van der Waals surface area (Å²) in [4.78, 5) is 16.2. The molecule has 0 saturated heterocycles. The zero-order valence-corrected chi connectivity index (χ0v) is 15.3. The van der Waals surface area contributed by atoms with Gasteiger partial charge in [-0.25, -0.2) is 9.37 Å². The maximum absolute atomic E-state index is 14.2. The van der Waals surface area contributed by atoms with E-state index in [0.29, 0.717) is 32.9 Å². The number of amides is 1. The van der Waals surface area contributed by atoms with Crippen molar-refractivity contribution in [3.05, 3.63) is 77.1 Å². The first-order valence-electron chi connectivity index (χ1n) is 8.34. The van der Waals surface area contributed by atoms with Gasteiger partial charge >= 0.3 is 0 Å². The van der Waals surface area contributed by atoms with E-state index in [0.717, 1.165) is 0 Å². The summed E-state index contributed by atoms with van der Waals surface area (Å²) in [6, 6.07) is 12.0. The highest BCUT2D eigenvalue weighted by molar-refractivity contribution is 6.30. The number of carbonyl (C=O) groups is 1. The summed E-state index contributed by atoms with van der Waals surface area (Å²) in [5, 5.41) is 3.37. The molecule has 2 aromatic heterocycles. The van der Waals surface area contributed by atoms with E-state index in [1.165, 1.54) is 43.6 Å². The van der Waals surface area contributed by atoms with E-state index in [1.54, 1.807) is 18.2 Å². The number of fused-ring (bicyclic) bond motifs is 1. The highest BCUT2D eigenvalue weighted by atomic mass is 35.5. The Balaban J connectivity index is 1.97. The van der Waals surface area contributed by atoms with E-state index < -0.39 is 11.8 Å². The number of hydrogen-bond donors (Lipinski definition) is 1. The summed E-state index contributed by atoms with van der Waals surface area (Å²) in [5.74, 6) is -1.14. The number of halogens is 3. The van der Waals surface area contributed by atoms with Crippen LogP contribution in [-0.4, -0.2) is 17.9 Å².